The molecule has 0 radical (unpaired) electrons. The van der Waals surface area contributed by atoms with E-state index in [1.54, 1.807) is 6.08 Å². The predicted octanol–water partition coefficient (Wildman–Crippen LogP) is 1.60. The lowest BCUT2D eigenvalue weighted by Crippen LogP contribution is -2.02. The molecule has 0 atom stereocenters. The molecule has 10 heavy (non-hydrogen) atoms. The van der Waals surface area contributed by atoms with E-state index < -0.39 is 5.97 Å². The molecule has 3 heteroatoms. The van der Waals surface area contributed by atoms with Gasteiger partial charge in [0.25, 0.3) is 0 Å². The Morgan fingerprint density at radius 3 is 2.50 bits per heavy atom. The normalized spacial score (nSPS) is 17.7. The van der Waals surface area contributed by atoms with Crippen molar-refractivity contribution < 1.29 is 9.90 Å². The van der Waals surface area contributed by atoms with E-state index in [0.717, 1.165) is 12.8 Å². The van der Waals surface area contributed by atoms with Crippen molar-refractivity contribution in [3.63, 3.8) is 0 Å². The van der Waals surface area contributed by atoms with Crippen molar-refractivity contribution in [2.24, 2.45) is 0 Å². The molecule has 2 nitrogen and oxygen atoms in total. The lowest BCUT2D eigenvalue weighted by molar-refractivity contribution is -0.132. The van der Waals surface area contributed by atoms with E-state index in [0.29, 0.717) is 10.5 Å². The summed E-state index contributed by atoms with van der Waals surface area (Å²) in [6, 6.07) is 0. The monoisotopic (exact) mass is 156 g/mol. The fraction of sp³-hybridized carbons (Fsp3) is 0.286. The van der Waals surface area contributed by atoms with Gasteiger partial charge in [0.2, 0.25) is 0 Å². The third kappa shape index (κ3) is 1.42. The highest BCUT2D eigenvalue weighted by Crippen LogP contribution is 2.21. The van der Waals surface area contributed by atoms with E-state index in [9.17, 15) is 4.79 Å². The van der Waals surface area contributed by atoms with Gasteiger partial charge in [-0.3, -0.25) is 0 Å². The van der Waals surface area contributed by atoms with Gasteiger partial charge in [-0.15, -0.1) is 12.6 Å². The van der Waals surface area contributed by atoms with Crippen LogP contribution in [-0.4, -0.2) is 11.1 Å². The summed E-state index contributed by atoms with van der Waals surface area (Å²) in [5.41, 5.74) is 0.328. The predicted molar refractivity (Wildman–Crippen MR) is 42.0 cm³/mol. The molecule has 0 aromatic heterocycles. The molecule has 0 aliphatic heterocycles. The van der Waals surface area contributed by atoms with Crippen LogP contribution in [0.4, 0.5) is 0 Å². The maximum atomic E-state index is 10.4. The fourth-order valence-electron chi connectivity index (χ4n) is 0.859. The summed E-state index contributed by atoms with van der Waals surface area (Å²) >= 11 is 4.01. The van der Waals surface area contributed by atoms with Crippen LogP contribution in [0.15, 0.2) is 22.6 Å². The number of carbonyl (C=O) groups is 1. The second-order valence-electron chi connectivity index (χ2n) is 2.09. The van der Waals surface area contributed by atoms with Crippen molar-refractivity contribution >= 4 is 18.6 Å². The number of carboxylic acids is 1. The first-order valence-electron chi connectivity index (χ1n) is 3.05. The van der Waals surface area contributed by atoms with Gasteiger partial charge in [-0.05, 0) is 12.8 Å². The molecule has 0 aromatic carbocycles. The molecule has 0 heterocycles. The van der Waals surface area contributed by atoms with Crippen LogP contribution >= 0.6 is 12.6 Å². The highest BCUT2D eigenvalue weighted by Gasteiger charge is 2.11. The molecular weight excluding hydrogens is 148 g/mol. The van der Waals surface area contributed by atoms with Crippen LogP contribution < -0.4 is 0 Å². The first-order valence-corrected chi connectivity index (χ1v) is 3.49. The Hall–Kier alpha value is -0.700. The smallest absolute Gasteiger partial charge is 0.336 e. The molecule has 54 valence electrons. The molecule has 0 spiro atoms. The average Bonchev–Trinajstić information content (AvgIpc) is 1.88. The number of carboxylic acid groups (broad SMARTS) is 1. The molecule has 1 N–H and O–H groups in total. The van der Waals surface area contributed by atoms with Gasteiger partial charge in [0, 0.05) is 4.91 Å². The SMILES string of the molecule is O=C(O)C1=CCCC=C1S. The van der Waals surface area contributed by atoms with E-state index in [2.05, 4.69) is 12.6 Å². The minimum Gasteiger partial charge on any atom is -0.478 e. The van der Waals surface area contributed by atoms with E-state index >= 15 is 0 Å². The molecule has 0 aromatic rings. The summed E-state index contributed by atoms with van der Waals surface area (Å²) in [4.78, 5) is 11.0. The van der Waals surface area contributed by atoms with Crippen molar-refractivity contribution in [2.45, 2.75) is 12.8 Å². The summed E-state index contributed by atoms with van der Waals surface area (Å²) in [6.07, 6.45) is 5.23. The van der Waals surface area contributed by atoms with Gasteiger partial charge in [0.1, 0.15) is 0 Å². The maximum absolute atomic E-state index is 10.4. The Balaban J connectivity index is 2.84. The topological polar surface area (TPSA) is 37.3 Å². The highest BCUT2D eigenvalue weighted by molar-refractivity contribution is 7.84. The van der Waals surface area contributed by atoms with Crippen LogP contribution in [0, 0.1) is 0 Å². The summed E-state index contributed by atoms with van der Waals surface area (Å²) in [5.74, 6) is -0.888. The lowest BCUT2D eigenvalue weighted by atomic mass is 10.1. The van der Waals surface area contributed by atoms with E-state index in [-0.39, 0.29) is 0 Å². The van der Waals surface area contributed by atoms with Crippen molar-refractivity contribution in [1.82, 2.24) is 0 Å². The van der Waals surface area contributed by atoms with Gasteiger partial charge < -0.3 is 5.11 Å². The number of aliphatic carboxylic acids is 1. The van der Waals surface area contributed by atoms with Crippen LogP contribution in [0.5, 0.6) is 0 Å². The second kappa shape index (κ2) is 2.92. The van der Waals surface area contributed by atoms with Crippen LogP contribution in [0.25, 0.3) is 0 Å². The first kappa shape index (κ1) is 7.41. The largest absolute Gasteiger partial charge is 0.478 e. The second-order valence-corrected chi connectivity index (χ2v) is 2.57. The van der Waals surface area contributed by atoms with Gasteiger partial charge in [-0.1, -0.05) is 12.2 Å². The zero-order chi connectivity index (χ0) is 7.56. The van der Waals surface area contributed by atoms with Gasteiger partial charge in [-0.2, -0.15) is 0 Å². The standard InChI is InChI=1S/C7H8O2S/c8-7(9)5-3-1-2-4-6(5)10/h3-4,10H,1-2H2,(H,8,9). The van der Waals surface area contributed by atoms with E-state index in [1.165, 1.54) is 0 Å². The van der Waals surface area contributed by atoms with Crippen LogP contribution in [0.1, 0.15) is 12.8 Å². The Morgan fingerprint density at radius 1 is 1.50 bits per heavy atom. The van der Waals surface area contributed by atoms with Crippen LogP contribution in [0.2, 0.25) is 0 Å². The number of thiol groups is 1. The van der Waals surface area contributed by atoms with Gasteiger partial charge in [0.15, 0.2) is 0 Å². The minimum absolute atomic E-state index is 0.328. The molecule has 0 bridgehead atoms. The number of hydrogen-bond donors (Lipinski definition) is 2. The van der Waals surface area contributed by atoms with E-state index in [1.807, 2.05) is 6.08 Å². The molecule has 0 saturated carbocycles. The Bertz CT molecular complexity index is 216. The number of hydrogen-bond acceptors (Lipinski definition) is 2. The summed E-state index contributed by atoms with van der Waals surface area (Å²) in [7, 11) is 0. The van der Waals surface area contributed by atoms with Crippen molar-refractivity contribution in [1.29, 1.82) is 0 Å². The van der Waals surface area contributed by atoms with Gasteiger partial charge in [0.05, 0.1) is 5.57 Å². The Labute approximate surface area is 64.7 Å². The quantitative estimate of drug-likeness (QED) is 0.566. The third-order valence-corrected chi connectivity index (χ3v) is 1.78. The molecule has 0 amide bonds. The molecule has 1 aliphatic rings. The molecular formula is C7H8O2S. The highest BCUT2D eigenvalue weighted by atomic mass is 32.1. The van der Waals surface area contributed by atoms with Crippen molar-refractivity contribution in [3.8, 4) is 0 Å². The summed E-state index contributed by atoms with van der Waals surface area (Å²) in [6.45, 7) is 0. The zero-order valence-electron chi connectivity index (χ0n) is 5.37. The molecule has 1 rings (SSSR count). The lowest BCUT2D eigenvalue weighted by Gasteiger charge is -2.05. The summed E-state index contributed by atoms with van der Waals surface area (Å²) < 4.78 is 0. The first-order chi connectivity index (χ1) is 4.72. The van der Waals surface area contributed by atoms with Gasteiger partial charge >= 0.3 is 5.97 Å². The van der Waals surface area contributed by atoms with Crippen molar-refractivity contribution in [3.05, 3.63) is 22.6 Å². The van der Waals surface area contributed by atoms with Crippen LogP contribution in [0.3, 0.4) is 0 Å². The number of rotatable bonds is 1. The molecule has 0 fully saturated rings. The van der Waals surface area contributed by atoms with Gasteiger partial charge in [-0.25, -0.2) is 4.79 Å². The maximum Gasteiger partial charge on any atom is 0.336 e. The average molecular weight is 156 g/mol. The van der Waals surface area contributed by atoms with Crippen LogP contribution in [-0.2, 0) is 4.79 Å². The Kier molecular flexibility index (Phi) is 2.17. The number of allylic oxidation sites excluding steroid dienone is 2. The van der Waals surface area contributed by atoms with E-state index in [4.69, 9.17) is 5.11 Å². The third-order valence-electron chi connectivity index (χ3n) is 1.36. The molecule has 0 unspecified atom stereocenters. The fourth-order valence-corrected chi connectivity index (χ4v) is 1.18. The molecule has 1 aliphatic carbocycles. The summed E-state index contributed by atoms with van der Waals surface area (Å²) in [5, 5.41) is 8.55. The minimum atomic E-state index is -0.888. The molecule has 0 saturated heterocycles. The zero-order valence-corrected chi connectivity index (χ0v) is 6.27. The Morgan fingerprint density at radius 2 is 2.10 bits per heavy atom. The van der Waals surface area contributed by atoms with Crippen molar-refractivity contribution in [2.75, 3.05) is 0 Å².